The van der Waals surface area contributed by atoms with Crippen molar-refractivity contribution in [2.75, 3.05) is 6.61 Å². The minimum absolute atomic E-state index is 0.0238. The average molecular weight is 368 g/mol. The van der Waals surface area contributed by atoms with Gasteiger partial charge in [0.1, 0.15) is 17.4 Å². The summed E-state index contributed by atoms with van der Waals surface area (Å²) in [5, 5.41) is 2.61. The highest BCUT2D eigenvalue weighted by Crippen LogP contribution is 2.21. The van der Waals surface area contributed by atoms with Crippen molar-refractivity contribution in [2.45, 2.75) is 13.5 Å². The number of pyridine rings is 1. The van der Waals surface area contributed by atoms with Crippen LogP contribution in [-0.2, 0) is 16.1 Å². The second kappa shape index (κ2) is 8.35. The largest absolute Gasteiger partial charge is 0.482 e. The van der Waals surface area contributed by atoms with Gasteiger partial charge in [0.2, 0.25) is 0 Å². The highest BCUT2D eigenvalue weighted by atomic mass is 32.1. The van der Waals surface area contributed by atoms with Crippen molar-refractivity contribution in [3.63, 3.8) is 0 Å². The molecule has 0 aliphatic rings. The molecule has 2 heterocycles. The molecule has 132 valence electrons. The van der Waals surface area contributed by atoms with Gasteiger partial charge in [0, 0.05) is 17.1 Å². The molecule has 6 nitrogen and oxygen atoms in total. The minimum atomic E-state index is -0.493. The maximum atomic E-state index is 11.8. The number of ketones is 1. The molecule has 0 N–H and O–H groups in total. The number of ether oxygens (including phenoxy) is 2. The predicted molar refractivity (Wildman–Crippen MR) is 97.1 cm³/mol. The Morgan fingerprint density at radius 3 is 2.62 bits per heavy atom. The molecule has 26 heavy (non-hydrogen) atoms. The standard InChI is InChI=1S/C19H16N2O4S/c1-13(22)14-5-7-16(8-6-14)24-11-18(23)25-10-15-12-26-19(21-15)17-4-2-3-9-20-17/h2-9,12H,10-11H2,1H3. The van der Waals surface area contributed by atoms with Gasteiger partial charge >= 0.3 is 5.97 Å². The number of nitrogens with zero attached hydrogens (tertiary/aromatic N) is 2. The van der Waals surface area contributed by atoms with E-state index >= 15 is 0 Å². The summed E-state index contributed by atoms with van der Waals surface area (Å²) in [5.74, 6) is -0.0182. The van der Waals surface area contributed by atoms with E-state index in [-0.39, 0.29) is 19.0 Å². The quantitative estimate of drug-likeness (QED) is 0.469. The Hall–Kier alpha value is -3.06. The molecule has 0 aliphatic carbocycles. The van der Waals surface area contributed by atoms with Gasteiger partial charge in [-0.05, 0) is 43.3 Å². The lowest BCUT2D eigenvalue weighted by Crippen LogP contribution is -2.14. The molecule has 0 saturated carbocycles. The zero-order valence-electron chi connectivity index (χ0n) is 14.0. The van der Waals surface area contributed by atoms with Gasteiger partial charge in [0.15, 0.2) is 12.4 Å². The summed E-state index contributed by atoms with van der Waals surface area (Å²) in [6, 6.07) is 12.2. The third-order valence-electron chi connectivity index (χ3n) is 3.43. The summed E-state index contributed by atoms with van der Waals surface area (Å²) in [7, 11) is 0. The summed E-state index contributed by atoms with van der Waals surface area (Å²) < 4.78 is 10.5. The lowest BCUT2D eigenvalue weighted by atomic mass is 10.1. The molecule has 0 atom stereocenters. The Bertz CT molecular complexity index is 891. The zero-order chi connectivity index (χ0) is 18.4. The molecule has 7 heteroatoms. The van der Waals surface area contributed by atoms with Crippen LogP contribution in [0.15, 0.2) is 54.0 Å². The van der Waals surface area contributed by atoms with E-state index in [4.69, 9.17) is 9.47 Å². The number of hydrogen-bond acceptors (Lipinski definition) is 7. The predicted octanol–water partition coefficient (Wildman–Crippen LogP) is 3.53. The van der Waals surface area contributed by atoms with Crippen LogP contribution in [0.2, 0.25) is 0 Å². The van der Waals surface area contributed by atoms with Crippen molar-refractivity contribution < 1.29 is 19.1 Å². The Morgan fingerprint density at radius 1 is 1.12 bits per heavy atom. The Kier molecular flexibility index (Phi) is 5.70. The lowest BCUT2D eigenvalue weighted by Gasteiger charge is -2.06. The van der Waals surface area contributed by atoms with E-state index in [1.165, 1.54) is 18.3 Å². The minimum Gasteiger partial charge on any atom is -0.482 e. The fraction of sp³-hybridized carbons (Fsp3) is 0.158. The topological polar surface area (TPSA) is 78.4 Å². The van der Waals surface area contributed by atoms with E-state index in [0.29, 0.717) is 17.0 Å². The number of Topliss-reactive ketones (excluding diaryl/α,β-unsaturated/α-hetero) is 1. The molecule has 1 aromatic carbocycles. The van der Waals surface area contributed by atoms with Crippen LogP contribution in [-0.4, -0.2) is 28.3 Å². The smallest absolute Gasteiger partial charge is 0.344 e. The van der Waals surface area contributed by atoms with Crippen LogP contribution in [0.25, 0.3) is 10.7 Å². The molecular formula is C19H16N2O4S. The molecule has 0 saturated heterocycles. The summed E-state index contributed by atoms with van der Waals surface area (Å²) in [4.78, 5) is 31.7. The number of rotatable bonds is 7. The van der Waals surface area contributed by atoms with Crippen molar-refractivity contribution in [2.24, 2.45) is 0 Å². The molecular weight excluding hydrogens is 352 g/mol. The van der Waals surface area contributed by atoms with Gasteiger partial charge in [-0.1, -0.05) is 6.07 Å². The van der Waals surface area contributed by atoms with Crippen molar-refractivity contribution in [1.29, 1.82) is 0 Å². The first-order valence-corrected chi connectivity index (χ1v) is 8.75. The number of thiazole rings is 1. The van der Waals surface area contributed by atoms with E-state index in [1.807, 2.05) is 23.6 Å². The van der Waals surface area contributed by atoms with Crippen LogP contribution in [0.4, 0.5) is 0 Å². The van der Waals surface area contributed by atoms with Gasteiger partial charge < -0.3 is 9.47 Å². The first-order valence-electron chi connectivity index (χ1n) is 7.87. The molecule has 3 rings (SSSR count). The van der Waals surface area contributed by atoms with Crippen LogP contribution >= 0.6 is 11.3 Å². The number of aromatic nitrogens is 2. The molecule has 0 amide bonds. The lowest BCUT2D eigenvalue weighted by molar-refractivity contribution is -0.147. The number of hydrogen-bond donors (Lipinski definition) is 0. The van der Waals surface area contributed by atoms with Gasteiger partial charge in [0.25, 0.3) is 0 Å². The van der Waals surface area contributed by atoms with Crippen LogP contribution in [0.1, 0.15) is 23.0 Å². The fourth-order valence-electron chi connectivity index (χ4n) is 2.10. The van der Waals surface area contributed by atoms with Crippen LogP contribution < -0.4 is 4.74 Å². The van der Waals surface area contributed by atoms with Crippen LogP contribution in [0.5, 0.6) is 5.75 Å². The second-order valence-corrected chi connectivity index (χ2v) is 6.25. The molecule has 2 aromatic heterocycles. The zero-order valence-corrected chi connectivity index (χ0v) is 14.9. The second-order valence-electron chi connectivity index (χ2n) is 5.39. The van der Waals surface area contributed by atoms with E-state index < -0.39 is 5.97 Å². The van der Waals surface area contributed by atoms with Crippen molar-refractivity contribution in [3.8, 4) is 16.5 Å². The monoisotopic (exact) mass is 368 g/mol. The molecule has 0 fully saturated rings. The molecule has 0 spiro atoms. The Morgan fingerprint density at radius 2 is 1.92 bits per heavy atom. The average Bonchev–Trinajstić information content (AvgIpc) is 3.15. The Balaban J connectivity index is 1.47. The van der Waals surface area contributed by atoms with Gasteiger partial charge in [-0.25, -0.2) is 9.78 Å². The van der Waals surface area contributed by atoms with Crippen molar-refractivity contribution >= 4 is 23.1 Å². The fourth-order valence-corrected chi connectivity index (χ4v) is 2.88. The first-order chi connectivity index (χ1) is 12.6. The number of esters is 1. The van der Waals surface area contributed by atoms with Gasteiger partial charge in [-0.15, -0.1) is 11.3 Å². The maximum Gasteiger partial charge on any atom is 0.344 e. The number of carbonyl (C=O) groups is 2. The summed E-state index contributed by atoms with van der Waals surface area (Å²) >= 11 is 1.44. The van der Waals surface area contributed by atoms with Crippen LogP contribution in [0.3, 0.4) is 0 Å². The molecule has 0 unspecified atom stereocenters. The first kappa shape index (κ1) is 17.8. The van der Waals surface area contributed by atoms with Crippen molar-refractivity contribution in [3.05, 3.63) is 65.3 Å². The number of carbonyl (C=O) groups excluding carboxylic acids is 2. The molecule has 0 radical (unpaired) electrons. The molecule has 3 aromatic rings. The highest BCUT2D eigenvalue weighted by molar-refractivity contribution is 7.13. The Labute approximate surface area is 154 Å². The molecule has 0 aliphatic heterocycles. The van der Waals surface area contributed by atoms with Gasteiger partial charge in [-0.2, -0.15) is 0 Å². The normalized spacial score (nSPS) is 10.3. The van der Waals surface area contributed by atoms with E-state index in [0.717, 1.165) is 10.7 Å². The van der Waals surface area contributed by atoms with E-state index in [1.54, 1.807) is 30.5 Å². The highest BCUT2D eigenvalue weighted by Gasteiger charge is 2.09. The van der Waals surface area contributed by atoms with Crippen LogP contribution in [0, 0.1) is 0 Å². The summed E-state index contributed by atoms with van der Waals surface area (Å²) in [6.07, 6.45) is 1.71. The van der Waals surface area contributed by atoms with E-state index in [2.05, 4.69) is 9.97 Å². The molecule has 0 bridgehead atoms. The third-order valence-corrected chi connectivity index (χ3v) is 4.35. The van der Waals surface area contributed by atoms with E-state index in [9.17, 15) is 9.59 Å². The SMILES string of the molecule is CC(=O)c1ccc(OCC(=O)OCc2csc(-c3ccccn3)n2)cc1. The third kappa shape index (κ3) is 4.73. The van der Waals surface area contributed by atoms with Crippen molar-refractivity contribution in [1.82, 2.24) is 9.97 Å². The summed E-state index contributed by atoms with van der Waals surface area (Å²) in [5.41, 5.74) is 2.04. The van der Waals surface area contributed by atoms with Gasteiger partial charge in [0.05, 0.1) is 11.4 Å². The number of benzene rings is 1. The summed E-state index contributed by atoms with van der Waals surface area (Å²) in [6.45, 7) is 1.36. The van der Waals surface area contributed by atoms with Gasteiger partial charge in [-0.3, -0.25) is 9.78 Å². The maximum absolute atomic E-state index is 11.8.